The van der Waals surface area contributed by atoms with E-state index < -0.39 is 0 Å². The lowest BCUT2D eigenvalue weighted by Gasteiger charge is -2.29. The van der Waals surface area contributed by atoms with Gasteiger partial charge in [-0.15, -0.1) is 0 Å². The first kappa shape index (κ1) is 9.92. The van der Waals surface area contributed by atoms with Crippen LogP contribution in [0.1, 0.15) is 12.8 Å². The fourth-order valence-corrected chi connectivity index (χ4v) is 1.68. The summed E-state index contributed by atoms with van der Waals surface area (Å²) in [7, 11) is 0. The maximum atomic E-state index is 10.6. The summed E-state index contributed by atoms with van der Waals surface area (Å²) in [5.74, 6) is 0. The average molecular weight is 207 g/mol. The minimum Gasteiger partial charge on any atom is -0.308 e. The first-order valence-corrected chi connectivity index (χ1v) is 5.03. The number of nitrogens with one attached hydrogen (secondary N) is 1. The van der Waals surface area contributed by atoms with Crippen molar-refractivity contribution in [1.29, 1.82) is 0 Å². The zero-order valence-corrected chi connectivity index (χ0v) is 8.35. The summed E-state index contributed by atoms with van der Waals surface area (Å²) >= 11 is 0. The van der Waals surface area contributed by atoms with Gasteiger partial charge < -0.3 is 5.01 Å². The fraction of sp³-hybridized carbons (Fsp3) is 0.400. The van der Waals surface area contributed by atoms with Crippen molar-refractivity contribution in [1.82, 2.24) is 5.43 Å². The third-order valence-corrected chi connectivity index (χ3v) is 2.46. The molecule has 0 aliphatic carbocycles. The quantitative estimate of drug-likeness (QED) is 0.592. The summed E-state index contributed by atoms with van der Waals surface area (Å²) < 4.78 is 0. The Labute approximate surface area is 87.8 Å². The highest BCUT2D eigenvalue weighted by Gasteiger charge is 2.13. The zero-order chi connectivity index (χ0) is 10.7. The van der Waals surface area contributed by atoms with Gasteiger partial charge in [0, 0.05) is 25.2 Å². The van der Waals surface area contributed by atoms with Gasteiger partial charge in [-0.25, -0.2) is 5.43 Å². The van der Waals surface area contributed by atoms with Gasteiger partial charge in [0.1, 0.15) is 0 Å². The van der Waals surface area contributed by atoms with Crippen LogP contribution in [0, 0.1) is 10.1 Å². The first-order chi connectivity index (χ1) is 7.27. The van der Waals surface area contributed by atoms with Gasteiger partial charge in [-0.3, -0.25) is 10.1 Å². The number of benzene rings is 1. The van der Waals surface area contributed by atoms with Crippen molar-refractivity contribution in [3.63, 3.8) is 0 Å². The zero-order valence-electron chi connectivity index (χ0n) is 8.35. The second kappa shape index (κ2) is 4.27. The molecule has 15 heavy (non-hydrogen) atoms. The summed E-state index contributed by atoms with van der Waals surface area (Å²) in [6.45, 7) is 1.84. The molecule has 0 unspecified atom stereocenters. The molecule has 0 bridgehead atoms. The Morgan fingerprint density at radius 1 is 1.40 bits per heavy atom. The second-order valence-electron chi connectivity index (χ2n) is 3.54. The van der Waals surface area contributed by atoms with E-state index in [2.05, 4.69) is 5.43 Å². The van der Waals surface area contributed by atoms with E-state index in [1.807, 2.05) is 11.1 Å². The lowest BCUT2D eigenvalue weighted by molar-refractivity contribution is -0.384. The van der Waals surface area contributed by atoms with Crippen LogP contribution in [0.2, 0.25) is 0 Å². The third kappa shape index (κ3) is 2.24. The molecule has 1 aromatic rings. The number of hydrogen-bond acceptors (Lipinski definition) is 4. The summed E-state index contributed by atoms with van der Waals surface area (Å²) in [5, 5.41) is 12.6. The van der Waals surface area contributed by atoms with Crippen molar-refractivity contribution in [3.8, 4) is 0 Å². The summed E-state index contributed by atoms with van der Waals surface area (Å²) in [4.78, 5) is 10.2. The molecule has 0 spiro atoms. The molecule has 0 amide bonds. The van der Waals surface area contributed by atoms with E-state index in [9.17, 15) is 10.1 Å². The predicted molar refractivity (Wildman–Crippen MR) is 57.7 cm³/mol. The van der Waals surface area contributed by atoms with Gasteiger partial charge in [0.15, 0.2) is 0 Å². The Kier molecular flexibility index (Phi) is 2.82. The molecule has 1 aliphatic heterocycles. The van der Waals surface area contributed by atoms with E-state index in [1.54, 1.807) is 12.1 Å². The maximum Gasteiger partial charge on any atom is 0.271 e. The van der Waals surface area contributed by atoms with Crippen molar-refractivity contribution in [2.45, 2.75) is 12.8 Å². The number of non-ortho nitro benzene ring substituents is 1. The molecule has 0 radical (unpaired) electrons. The standard InChI is InChI=1S/C10H13N3O2/c14-13(15)10-5-3-4-9(8-10)12-7-2-1-6-11-12/h3-5,8,11H,1-2,6-7H2. The molecule has 5 nitrogen and oxygen atoms in total. The maximum absolute atomic E-state index is 10.6. The van der Waals surface area contributed by atoms with Crippen LogP contribution in [0.3, 0.4) is 0 Å². The van der Waals surface area contributed by atoms with E-state index >= 15 is 0 Å². The molecular formula is C10H13N3O2. The molecule has 0 aromatic heterocycles. The molecule has 0 atom stereocenters. The fourth-order valence-electron chi connectivity index (χ4n) is 1.68. The molecule has 80 valence electrons. The highest BCUT2D eigenvalue weighted by Crippen LogP contribution is 2.21. The number of nitro benzene ring substituents is 1. The van der Waals surface area contributed by atoms with Crippen molar-refractivity contribution >= 4 is 11.4 Å². The molecule has 0 saturated carbocycles. The SMILES string of the molecule is O=[N+]([O-])c1cccc(N2CCCCN2)c1. The number of nitrogens with zero attached hydrogens (tertiary/aromatic N) is 2. The Balaban J connectivity index is 2.19. The molecular weight excluding hydrogens is 194 g/mol. The number of nitro groups is 1. The van der Waals surface area contributed by atoms with E-state index in [0.717, 1.165) is 31.6 Å². The minimum atomic E-state index is -0.368. The largest absolute Gasteiger partial charge is 0.308 e. The Morgan fingerprint density at radius 2 is 2.27 bits per heavy atom. The van der Waals surface area contributed by atoms with E-state index in [1.165, 1.54) is 6.07 Å². The van der Waals surface area contributed by atoms with Crippen molar-refractivity contribution in [3.05, 3.63) is 34.4 Å². The lowest BCUT2D eigenvalue weighted by Crippen LogP contribution is -2.43. The second-order valence-corrected chi connectivity index (χ2v) is 3.54. The Bertz CT molecular complexity index is 361. The normalized spacial score (nSPS) is 16.4. The molecule has 5 heteroatoms. The van der Waals surface area contributed by atoms with Crippen LogP contribution >= 0.6 is 0 Å². The molecule has 1 aromatic carbocycles. The van der Waals surface area contributed by atoms with E-state index in [4.69, 9.17) is 0 Å². The number of hydrazine groups is 1. The van der Waals surface area contributed by atoms with Gasteiger partial charge in [-0.2, -0.15) is 0 Å². The molecule has 1 fully saturated rings. The van der Waals surface area contributed by atoms with Crippen molar-refractivity contribution < 1.29 is 4.92 Å². The summed E-state index contributed by atoms with van der Waals surface area (Å²) in [5.41, 5.74) is 4.22. The highest BCUT2D eigenvalue weighted by molar-refractivity contribution is 5.52. The number of rotatable bonds is 2. The van der Waals surface area contributed by atoms with Crippen molar-refractivity contribution in [2.75, 3.05) is 18.1 Å². The van der Waals surface area contributed by atoms with Crippen LogP contribution in [0.5, 0.6) is 0 Å². The first-order valence-electron chi connectivity index (χ1n) is 5.03. The van der Waals surface area contributed by atoms with Crippen LogP contribution in [-0.4, -0.2) is 18.0 Å². The highest BCUT2D eigenvalue weighted by atomic mass is 16.6. The summed E-state index contributed by atoms with van der Waals surface area (Å²) in [6, 6.07) is 6.70. The van der Waals surface area contributed by atoms with Gasteiger partial charge in [-0.1, -0.05) is 6.07 Å². The monoisotopic (exact) mass is 207 g/mol. The molecule has 1 saturated heterocycles. The number of anilines is 1. The van der Waals surface area contributed by atoms with Crippen LogP contribution in [-0.2, 0) is 0 Å². The number of hydrogen-bond donors (Lipinski definition) is 1. The average Bonchev–Trinajstić information content (AvgIpc) is 2.30. The minimum absolute atomic E-state index is 0.139. The van der Waals surface area contributed by atoms with Gasteiger partial charge in [0.05, 0.1) is 10.6 Å². The molecule has 1 aliphatic rings. The summed E-state index contributed by atoms with van der Waals surface area (Å²) in [6.07, 6.45) is 2.28. The van der Waals surface area contributed by atoms with Gasteiger partial charge in [-0.05, 0) is 18.9 Å². The van der Waals surface area contributed by atoms with Crippen LogP contribution < -0.4 is 10.4 Å². The van der Waals surface area contributed by atoms with Gasteiger partial charge in [0.25, 0.3) is 5.69 Å². The Morgan fingerprint density at radius 3 is 2.93 bits per heavy atom. The van der Waals surface area contributed by atoms with Crippen LogP contribution in [0.4, 0.5) is 11.4 Å². The van der Waals surface area contributed by atoms with Gasteiger partial charge >= 0.3 is 0 Å². The smallest absolute Gasteiger partial charge is 0.271 e. The van der Waals surface area contributed by atoms with E-state index in [0.29, 0.717) is 0 Å². The molecule has 1 N–H and O–H groups in total. The van der Waals surface area contributed by atoms with Gasteiger partial charge in [0.2, 0.25) is 0 Å². The van der Waals surface area contributed by atoms with Crippen LogP contribution in [0.25, 0.3) is 0 Å². The van der Waals surface area contributed by atoms with Crippen molar-refractivity contribution in [2.24, 2.45) is 0 Å². The lowest BCUT2D eigenvalue weighted by atomic mass is 10.2. The topological polar surface area (TPSA) is 58.4 Å². The Hall–Kier alpha value is -1.62. The third-order valence-electron chi connectivity index (χ3n) is 2.46. The van der Waals surface area contributed by atoms with Crippen LogP contribution in [0.15, 0.2) is 24.3 Å². The molecule has 2 rings (SSSR count). The molecule has 1 heterocycles. The van der Waals surface area contributed by atoms with E-state index in [-0.39, 0.29) is 10.6 Å². The predicted octanol–water partition coefficient (Wildman–Crippen LogP) is 1.70.